The lowest BCUT2D eigenvalue weighted by Crippen LogP contribution is -2.46. The molecule has 1 saturated heterocycles. The van der Waals surface area contributed by atoms with E-state index in [1.54, 1.807) is 19.2 Å². The number of carboxylic acids is 1. The molecule has 0 bridgehead atoms. The van der Waals surface area contributed by atoms with E-state index in [1.165, 1.54) is 17.0 Å². The molecule has 1 fully saturated rings. The van der Waals surface area contributed by atoms with Gasteiger partial charge in [0.15, 0.2) is 0 Å². The first kappa shape index (κ1) is 17.2. The molecule has 0 aliphatic carbocycles. The van der Waals surface area contributed by atoms with Gasteiger partial charge in [0.2, 0.25) is 0 Å². The van der Waals surface area contributed by atoms with E-state index >= 15 is 0 Å². The van der Waals surface area contributed by atoms with Crippen LogP contribution in [-0.2, 0) is 9.53 Å². The number of carbonyl (C=O) groups excluding carboxylic acids is 1. The molecule has 7 heteroatoms. The average Bonchev–Trinajstić information content (AvgIpc) is 2.53. The van der Waals surface area contributed by atoms with Crippen molar-refractivity contribution in [2.45, 2.75) is 31.4 Å². The number of aliphatic carboxylic acids is 1. The highest BCUT2D eigenvalue weighted by Gasteiger charge is 2.26. The Hall–Kier alpha value is -2.15. The van der Waals surface area contributed by atoms with Gasteiger partial charge in [-0.1, -0.05) is 12.1 Å². The fourth-order valence-corrected chi connectivity index (χ4v) is 2.49. The summed E-state index contributed by atoms with van der Waals surface area (Å²) in [7, 11) is 1.56. The minimum absolute atomic E-state index is 0.0569. The number of benzene rings is 1. The summed E-state index contributed by atoms with van der Waals surface area (Å²) in [4.78, 5) is 23.9. The fourth-order valence-electron chi connectivity index (χ4n) is 2.49. The standard InChI is InChI=1S/C16H21FN2O4/c1-19(8-6-15(20)21)16(22)18-13-7-9-23-14(10-13)11-2-4-12(17)5-3-11/h2-5,13-14H,6-10H2,1H3,(H,18,22)(H,20,21). The van der Waals surface area contributed by atoms with Crippen LogP contribution in [-0.4, -0.2) is 48.2 Å². The van der Waals surface area contributed by atoms with Crippen molar-refractivity contribution in [2.24, 2.45) is 0 Å². The SMILES string of the molecule is CN(CCC(=O)O)C(=O)NC1CCOC(c2ccc(F)cc2)C1. The van der Waals surface area contributed by atoms with Gasteiger partial charge in [-0.3, -0.25) is 4.79 Å². The minimum Gasteiger partial charge on any atom is -0.481 e. The number of hydrogen-bond acceptors (Lipinski definition) is 3. The Morgan fingerprint density at radius 3 is 2.74 bits per heavy atom. The van der Waals surface area contributed by atoms with Gasteiger partial charge in [0.05, 0.1) is 12.5 Å². The topological polar surface area (TPSA) is 78.9 Å². The molecule has 0 saturated carbocycles. The van der Waals surface area contributed by atoms with Crippen LogP contribution in [0.15, 0.2) is 24.3 Å². The Kier molecular flexibility index (Phi) is 5.92. The van der Waals surface area contributed by atoms with Gasteiger partial charge in [-0.15, -0.1) is 0 Å². The van der Waals surface area contributed by atoms with Gasteiger partial charge < -0.3 is 20.1 Å². The summed E-state index contributed by atoms with van der Waals surface area (Å²) in [6, 6.07) is 5.79. The Morgan fingerprint density at radius 1 is 1.39 bits per heavy atom. The van der Waals surface area contributed by atoms with Gasteiger partial charge in [-0.2, -0.15) is 0 Å². The summed E-state index contributed by atoms with van der Waals surface area (Å²) in [6.07, 6.45) is 1.02. The molecule has 1 aliphatic heterocycles. The van der Waals surface area contributed by atoms with E-state index in [0.29, 0.717) is 19.4 Å². The van der Waals surface area contributed by atoms with E-state index in [9.17, 15) is 14.0 Å². The Balaban J connectivity index is 1.87. The number of rotatable bonds is 5. The number of urea groups is 1. The highest BCUT2D eigenvalue weighted by Crippen LogP contribution is 2.28. The van der Waals surface area contributed by atoms with Crippen LogP contribution in [0.5, 0.6) is 0 Å². The third-order valence-corrected chi connectivity index (χ3v) is 3.86. The zero-order valence-electron chi connectivity index (χ0n) is 13.0. The van der Waals surface area contributed by atoms with E-state index < -0.39 is 5.97 Å². The molecule has 0 spiro atoms. The van der Waals surface area contributed by atoms with Crippen LogP contribution >= 0.6 is 0 Å². The molecule has 1 heterocycles. The zero-order valence-corrected chi connectivity index (χ0v) is 13.0. The van der Waals surface area contributed by atoms with E-state index in [2.05, 4.69) is 5.32 Å². The van der Waals surface area contributed by atoms with Gasteiger partial charge in [0.25, 0.3) is 0 Å². The molecular formula is C16H21FN2O4. The van der Waals surface area contributed by atoms with Gasteiger partial charge in [0.1, 0.15) is 5.82 Å². The summed E-state index contributed by atoms with van der Waals surface area (Å²) in [5.74, 6) is -1.23. The van der Waals surface area contributed by atoms with Crippen LogP contribution in [0, 0.1) is 5.82 Å². The first-order valence-electron chi connectivity index (χ1n) is 7.56. The maximum Gasteiger partial charge on any atom is 0.317 e. The molecule has 2 amide bonds. The Morgan fingerprint density at radius 2 is 2.09 bits per heavy atom. The van der Waals surface area contributed by atoms with Crippen molar-refractivity contribution in [1.82, 2.24) is 10.2 Å². The van der Waals surface area contributed by atoms with Crippen LogP contribution in [0.2, 0.25) is 0 Å². The first-order chi connectivity index (χ1) is 11.0. The highest BCUT2D eigenvalue weighted by atomic mass is 19.1. The zero-order chi connectivity index (χ0) is 16.8. The van der Waals surface area contributed by atoms with E-state index in [1.807, 2.05) is 0 Å². The first-order valence-corrected chi connectivity index (χ1v) is 7.56. The van der Waals surface area contributed by atoms with Crippen LogP contribution < -0.4 is 5.32 Å². The van der Waals surface area contributed by atoms with Crippen LogP contribution in [0.1, 0.15) is 30.9 Å². The molecule has 1 aromatic carbocycles. The second-order valence-corrected chi connectivity index (χ2v) is 5.65. The number of carbonyl (C=O) groups is 2. The minimum atomic E-state index is -0.938. The quantitative estimate of drug-likeness (QED) is 0.870. The molecule has 126 valence electrons. The second kappa shape index (κ2) is 7.92. The number of nitrogens with one attached hydrogen (secondary N) is 1. The molecular weight excluding hydrogens is 303 g/mol. The van der Waals surface area contributed by atoms with Gasteiger partial charge in [0, 0.05) is 26.2 Å². The molecule has 6 nitrogen and oxygen atoms in total. The molecule has 1 aliphatic rings. The summed E-state index contributed by atoms with van der Waals surface area (Å²) in [5, 5.41) is 11.5. The molecule has 2 N–H and O–H groups in total. The second-order valence-electron chi connectivity index (χ2n) is 5.65. The molecule has 0 radical (unpaired) electrons. The fraction of sp³-hybridized carbons (Fsp3) is 0.500. The lowest BCUT2D eigenvalue weighted by atomic mass is 9.97. The summed E-state index contributed by atoms with van der Waals surface area (Å²) < 4.78 is 18.7. The lowest BCUT2D eigenvalue weighted by molar-refractivity contribution is -0.137. The molecule has 2 atom stereocenters. The van der Waals surface area contributed by atoms with Crippen molar-refractivity contribution >= 4 is 12.0 Å². The van der Waals surface area contributed by atoms with Crippen LogP contribution in [0.3, 0.4) is 0 Å². The normalized spacial score (nSPS) is 20.8. The van der Waals surface area contributed by atoms with E-state index in [0.717, 1.165) is 5.56 Å². The molecule has 2 unspecified atom stereocenters. The monoisotopic (exact) mass is 324 g/mol. The largest absolute Gasteiger partial charge is 0.481 e. The number of nitrogens with zero attached hydrogens (tertiary/aromatic N) is 1. The van der Waals surface area contributed by atoms with Gasteiger partial charge >= 0.3 is 12.0 Å². The smallest absolute Gasteiger partial charge is 0.317 e. The molecule has 2 rings (SSSR count). The van der Waals surface area contributed by atoms with Crippen molar-refractivity contribution in [2.75, 3.05) is 20.2 Å². The molecule has 23 heavy (non-hydrogen) atoms. The van der Waals surface area contributed by atoms with Crippen molar-refractivity contribution < 1.29 is 23.8 Å². The van der Waals surface area contributed by atoms with E-state index in [-0.39, 0.29) is 37.0 Å². The third kappa shape index (κ3) is 5.21. The molecule has 1 aromatic rings. The highest BCUT2D eigenvalue weighted by molar-refractivity contribution is 5.75. The predicted molar refractivity (Wildman–Crippen MR) is 81.5 cm³/mol. The Labute approximate surface area is 134 Å². The number of carboxylic acid groups (broad SMARTS) is 1. The number of hydrogen-bond donors (Lipinski definition) is 2. The third-order valence-electron chi connectivity index (χ3n) is 3.86. The van der Waals surface area contributed by atoms with Crippen molar-refractivity contribution in [3.8, 4) is 0 Å². The maximum absolute atomic E-state index is 13.0. The summed E-state index contributed by atoms with van der Waals surface area (Å²) in [6.45, 7) is 0.664. The maximum atomic E-state index is 13.0. The van der Waals surface area contributed by atoms with Gasteiger partial charge in [-0.25, -0.2) is 9.18 Å². The van der Waals surface area contributed by atoms with Crippen LogP contribution in [0.4, 0.5) is 9.18 Å². The lowest BCUT2D eigenvalue weighted by Gasteiger charge is -2.31. The van der Waals surface area contributed by atoms with Crippen molar-refractivity contribution in [3.63, 3.8) is 0 Å². The number of ether oxygens (including phenoxy) is 1. The predicted octanol–water partition coefficient (Wildman–Crippen LogP) is 2.16. The van der Waals surface area contributed by atoms with Crippen LogP contribution in [0.25, 0.3) is 0 Å². The van der Waals surface area contributed by atoms with E-state index in [4.69, 9.17) is 9.84 Å². The van der Waals surface area contributed by atoms with Gasteiger partial charge in [-0.05, 0) is 30.5 Å². The average molecular weight is 324 g/mol. The molecule has 0 aromatic heterocycles. The summed E-state index contributed by atoms with van der Waals surface area (Å²) in [5.41, 5.74) is 0.879. The Bertz CT molecular complexity index is 550. The van der Waals surface area contributed by atoms with Crippen molar-refractivity contribution in [3.05, 3.63) is 35.6 Å². The number of amides is 2. The van der Waals surface area contributed by atoms with Crippen molar-refractivity contribution in [1.29, 1.82) is 0 Å². The number of halogens is 1. The summed E-state index contributed by atoms with van der Waals surface area (Å²) >= 11 is 0.